The Kier molecular flexibility index (Phi) is 5.40. The number of ether oxygens (including phenoxy) is 1. The molecule has 0 unspecified atom stereocenters. The van der Waals surface area contributed by atoms with Gasteiger partial charge in [0.15, 0.2) is 0 Å². The molecule has 0 radical (unpaired) electrons. The van der Waals surface area contributed by atoms with Crippen molar-refractivity contribution in [3.8, 4) is 0 Å². The van der Waals surface area contributed by atoms with Crippen LogP contribution in [0.25, 0.3) is 11.0 Å². The molecule has 0 aliphatic heterocycles. The Bertz CT molecular complexity index is 1150. The molecule has 150 valence electrons. The molecule has 1 N–H and O–H groups in total. The normalized spacial score (nSPS) is 11.3. The summed E-state index contributed by atoms with van der Waals surface area (Å²) in [4.78, 5) is 35.1. The van der Waals surface area contributed by atoms with Crippen LogP contribution < -0.4 is 10.9 Å². The average Bonchev–Trinajstić information content (AvgIpc) is 2.64. The van der Waals surface area contributed by atoms with Gasteiger partial charge in [-0.15, -0.1) is 0 Å². The number of hydrogen-bond acceptors (Lipinski definition) is 5. The Morgan fingerprint density at radius 3 is 2.55 bits per heavy atom. The summed E-state index contributed by atoms with van der Waals surface area (Å²) in [5.41, 5.74) is -1.06. The lowest BCUT2D eigenvalue weighted by Crippen LogP contribution is -2.11. The van der Waals surface area contributed by atoms with Crippen LogP contribution in [0, 0.1) is 0 Å². The van der Waals surface area contributed by atoms with E-state index in [0.29, 0.717) is 22.7 Å². The molecule has 2 aromatic carbocycles. The van der Waals surface area contributed by atoms with Crippen molar-refractivity contribution in [3.63, 3.8) is 0 Å². The van der Waals surface area contributed by atoms with Gasteiger partial charge in [0, 0.05) is 35.7 Å². The van der Waals surface area contributed by atoms with Crippen molar-refractivity contribution < 1.29 is 31.9 Å². The van der Waals surface area contributed by atoms with E-state index in [-0.39, 0.29) is 23.7 Å². The first-order valence-corrected chi connectivity index (χ1v) is 8.32. The van der Waals surface area contributed by atoms with Gasteiger partial charge in [0.2, 0.25) is 5.91 Å². The van der Waals surface area contributed by atoms with Gasteiger partial charge in [0.25, 0.3) is 0 Å². The van der Waals surface area contributed by atoms with Crippen LogP contribution in [0.2, 0.25) is 0 Å². The molecule has 29 heavy (non-hydrogen) atoms. The fourth-order valence-corrected chi connectivity index (χ4v) is 2.68. The Balaban J connectivity index is 1.84. The number of nitrogens with one attached hydrogen (secondary N) is 1. The van der Waals surface area contributed by atoms with Crippen LogP contribution in [0.1, 0.15) is 28.4 Å². The highest BCUT2D eigenvalue weighted by molar-refractivity contribution is 5.92. The predicted molar refractivity (Wildman–Crippen MR) is 97.4 cm³/mol. The molecule has 0 fully saturated rings. The molecule has 1 heterocycles. The molecule has 9 heteroatoms. The Morgan fingerprint density at radius 2 is 1.86 bits per heavy atom. The number of halogens is 3. The quantitative estimate of drug-likeness (QED) is 0.521. The molecule has 3 aromatic rings. The van der Waals surface area contributed by atoms with Crippen LogP contribution in [0.4, 0.5) is 18.9 Å². The first-order valence-electron chi connectivity index (χ1n) is 8.32. The summed E-state index contributed by atoms with van der Waals surface area (Å²) in [6.45, 7) is 0.973. The highest BCUT2D eigenvalue weighted by atomic mass is 19.4. The molecular weight excluding hydrogens is 391 g/mol. The van der Waals surface area contributed by atoms with Crippen molar-refractivity contribution in [1.29, 1.82) is 0 Å². The summed E-state index contributed by atoms with van der Waals surface area (Å²) >= 11 is 0. The summed E-state index contributed by atoms with van der Waals surface area (Å²) in [6.07, 6.45) is -4.59. The number of anilines is 1. The van der Waals surface area contributed by atoms with Crippen LogP contribution >= 0.6 is 0 Å². The minimum absolute atomic E-state index is 0.161. The molecule has 0 saturated carbocycles. The van der Waals surface area contributed by atoms with Gasteiger partial charge < -0.3 is 14.5 Å². The van der Waals surface area contributed by atoms with Gasteiger partial charge in [-0.25, -0.2) is 9.59 Å². The summed E-state index contributed by atoms with van der Waals surface area (Å²) < 4.78 is 48.5. The maximum absolute atomic E-state index is 12.8. The van der Waals surface area contributed by atoms with Gasteiger partial charge in [0.05, 0.1) is 11.1 Å². The lowest BCUT2D eigenvalue weighted by atomic mass is 10.1. The number of alkyl halides is 3. The number of rotatable bonds is 4. The summed E-state index contributed by atoms with van der Waals surface area (Å²) in [5.74, 6) is -1.27. The molecule has 0 aliphatic rings. The number of carbonyl (C=O) groups excluding carboxylic acids is 2. The minimum atomic E-state index is -4.59. The Hall–Kier alpha value is -3.62. The van der Waals surface area contributed by atoms with Crippen molar-refractivity contribution in [2.75, 3.05) is 5.32 Å². The lowest BCUT2D eigenvalue weighted by molar-refractivity contribution is -0.137. The number of amides is 1. The maximum atomic E-state index is 12.8. The van der Waals surface area contributed by atoms with Crippen molar-refractivity contribution in [1.82, 2.24) is 0 Å². The predicted octanol–water partition coefficient (Wildman–Crippen LogP) is 4.13. The highest BCUT2D eigenvalue weighted by Crippen LogP contribution is 2.30. The van der Waals surface area contributed by atoms with Crippen LogP contribution in [-0.2, 0) is 22.3 Å². The third kappa shape index (κ3) is 4.81. The van der Waals surface area contributed by atoms with E-state index in [1.54, 1.807) is 12.1 Å². The van der Waals surface area contributed by atoms with E-state index < -0.39 is 23.3 Å². The number of hydrogen-bond donors (Lipinski definition) is 1. The van der Waals surface area contributed by atoms with Crippen LogP contribution in [0.5, 0.6) is 0 Å². The Morgan fingerprint density at radius 1 is 1.10 bits per heavy atom. The molecule has 0 saturated heterocycles. The zero-order chi connectivity index (χ0) is 21.2. The standard InChI is InChI=1S/C20H14F3NO5/c1-11(25)24-15-5-6-16-13(8-18(26)29-17(16)9-15)10-28-19(27)12-3-2-4-14(7-12)20(21,22)23/h2-9H,10H2,1H3,(H,24,25). The van der Waals surface area contributed by atoms with Crippen LogP contribution in [-0.4, -0.2) is 11.9 Å². The first kappa shape index (κ1) is 20.1. The van der Waals surface area contributed by atoms with Crippen LogP contribution in [0.3, 0.4) is 0 Å². The zero-order valence-electron chi connectivity index (χ0n) is 15.0. The van der Waals surface area contributed by atoms with E-state index >= 15 is 0 Å². The summed E-state index contributed by atoms with van der Waals surface area (Å²) in [5, 5.41) is 3.00. The summed E-state index contributed by atoms with van der Waals surface area (Å²) in [7, 11) is 0. The van der Waals surface area contributed by atoms with Gasteiger partial charge >= 0.3 is 17.8 Å². The lowest BCUT2D eigenvalue weighted by Gasteiger charge is -2.10. The van der Waals surface area contributed by atoms with Crippen molar-refractivity contribution >= 4 is 28.5 Å². The van der Waals surface area contributed by atoms with E-state index in [4.69, 9.17) is 9.15 Å². The number of fused-ring (bicyclic) bond motifs is 1. The topological polar surface area (TPSA) is 85.6 Å². The van der Waals surface area contributed by atoms with Crippen molar-refractivity contribution in [2.24, 2.45) is 0 Å². The third-order valence-electron chi connectivity index (χ3n) is 3.93. The van der Waals surface area contributed by atoms with Gasteiger partial charge in [-0.2, -0.15) is 13.2 Å². The highest BCUT2D eigenvalue weighted by Gasteiger charge is 2.31. The van der Waals surface area contributed by atoms with E-state index in [1.807, 2.05) is 0 Å². The van der Waals surface area contributed by atoms with Gasteiger partial charge in [-0.3, -0.25) is 4.79 Å². The SMILES string of the molecule is CC(=O)Nc1ccc2c(COC(=O)c3cccc(C(F)(F)F)c3)cc(=O)oc2c1. The Labute approximate surface area is 161 Å². The van der Waals surface area contributed by atoms with Gasteiger partial charge in [-0.1, -0.05) is 6.07 Å². The zero-order valence-corrected chi connectivity index (χ0v) is 15.0. The fraction of sp³-hybridized carbons (Fsp3) is 0.150. The molecule has 1 amide bonds. The minimum Gasteiger partial charge on any atom is -0.457 e. The van der Waals surface area contributed by atoms with E-state index in [0.717, 1.165) is 18.2 Å². The van der Waals surface area contributed by atoms with E-state index in [1.165, 1.54) is 19.1 Å². The fourth-order valence-electron chi connectivity index (χ4n) is 2.68. The number of carbonyl (C=O) groups is 2. The van der Waals surface area contributed by atoms with Gasteiger partial charge in [0.1, 0.15) is 12.2 Å². The van der Waals surface area contributed by atoms with Crippen LogP contribution in [0.15, 0.2) is 57.7 Å². The molecule has 3 rings (SSSR count). The third-order valence-corrected chi connectivity index (χ3v) is 3.93. The second-order valence-corrected chi connectivity index (χ2v) is 6.14. The molecule has 0 aliphatic carbocycles. The molecule has 1 aromatic heterocycles. The van der Waals surface area contributed by atoms with Crippen molar-refractivity contribution in [3.05, 3.63) is 75.6 Å². The molecule has 6 nitrogen and oxygen atoms in total. The second kappa shape index (κ2) is 7.78. The number of esters is 1. The number of benzene rings is 2. The maximum Gasteiger partial charge on any atom is 0.416 e. The first-order chi connectivity index (χ1) is 13.6. The second-order valence-electron chi connectivity index (χ2n) is 6.14. The molecule has 0 bridgehead atoms. The summed E-state index contributed by atoms with van der Waals surface area (Å²) in [6, 6.07) is 9.55. The van der Waals surface area contributed by atoms with E-state index in [2.05, 4.69) is 5.32 Å². The average molecular weight is 405 g/mol. The molecular formula is C20H14F3NO5. The largest absolute Gasteiger partial charge is 0.457 e. The van der Waals surface area contributed by atoms with E-state index in [9.17, 15) is 27.6 Å². The molecule has 0 atom stereocenters. The molecule has 0 spiro atoms. The monoisotopic (exact) mass is 405 g/mol. The van der Waals surface area contributed by atoms with Gasteiger partial charge in [-0.05, 0) is 30.3 Å². The smallest absolute Gasteiger partial charge is 0.416 e. The van der Waals surface area contributed by atoms with Crippen molar-refractivity contribution in [2.45, 2.75) is 19.7 Å².